The Labute approximate surface area is 124 Å². The van der Waals surface area contributed by atoms with E-state index in [1.807, 2.05) is 62.4 Å². The first-order valence-electron chi connectivity index (χ1n) is 6.99. The highest BCUT2D eigenvalue weighted by Gasteiger charge is 2.13. The lowest BCUT2D eigenvalue weighted by atomic mass is 9.96. The van der Waals surface area contributed by atoms with Gasteiger partial charge < -0.3 is 5.11 Å². The van der Waals surface area contributed by atoms with E-state index in [0.717, 1.165) is 33.6 Å². The molecule has 0 amide bonds. The fourth-order valence-electron chi connectivity index (χ4n) is 2.43. The highest BCUT2D eigenvalue weighted by atomic mass is 16.3. The van der Waals surface area contributed by atoms with Crippen LogP contribution >= 0.6 is 0 Å². The molecule has 21 heavy (non-hydrogen) atoms. The van der Waals surface area contributed by atoms with Crippen LogP contribution in [0.3, 0.4) is 0 Å². The van der Waals surface area contributed by atoms with Gasteiger partial charge in [-0.05, 0) is 31.5 Å². The average molecular weight is 275 g/mol. The van der Waals surface area contributed by atoms with Gasteiger partial charge >= 0.3 is 0 Å². The number of hydrogen-bond donors (Lipinski definition) is 1. The Morgan fingerprint density at radius 2 is 1.48 bits per heavy atom. The molecule has 0 aliphatic heterocycles. The van der Waals surface area contributed by atoms with Crippen LogP contribution < -0.4 is 0 Å². The zero-order valence-corrected chi connectivity index (χ0v) is 12.2. The van der Waals surface area contributed by atoms with Crippen molar-refractivity contribution in [2.75, 3.05) is 0 Å². The lowest BCUT2D eigenvalue weighted by molar-refractivity contribution is 0.477. The fourth-order valence-corrected chi connectivity index (χ4v) is 2.43. The maximum Gasteiger partial charge on any atom is 0.123 e. The summed E-state index contributed by atoms with van der Waals surface area (Å²) in [5, 5.41) is 10.2. The summed E-state index contributed by atoms with van der Waals surface area (Å²) in [5.41, 5.74) is 5.86. The second-order valence-corrected chi connectivity index (χ2v) is 5.17. The Morgan fingerprint density at radius 3 is 2.19 bits per heavy atom. The van der Waals surface area contributed by atoms with E-state index in [1.165, 1.54) is 0 Å². The molecule has 2 aromatic carbocycles. The number of rotatable bonds is 2. The van der Waals surface area contributed by atoms with E-state index in [0.29, 0.717) is 0 Å². The van der Waals surface area contributed by atoms with E-state index >= 15 is 0 Å². The number of phenols is 1. The number of phenolic OH excluding ortho intramolecular Hbond substituents is 1. The van der Waals surface area contributed by atoms with Crippen molar-refractivity contribution in [3.05, 3.63) is 71.9 Å². The standard InChI is InChI=1S/C19H17NO/c1-13-12-17(16-10-6-7-11-18(16)21)19(20-14(13)2)15-8-4-3-5-9-15/h3-12,21H,1-2H3. The lowest BCUT2D eigenvalue weighted by Crippen LogP contribution is -1.95. The van der Waals surface area contributed by atoms with Gasteiger partial charge in [0.15, 0.2) is 0 Å². The van der Waals surface area contributed by atoms with Crippen molar-refractivity contribution in [2.24, 2.45) is 0 Å². The molecule has 0 atom stereocenters. The normalized spacial score (nSPS) is 10.6. The van der Waals surface area contributed by atoms with Crippen LogP contribution in [-0.4, -0.2) is 10.1 Å². The van der Waals surface area contributed by atoms with Crippen LogP contribution in [0.15, 0.2) is 60.7 Å². The van der Waals surface area contributed by atoms with Crippen LogP contribution in [0.5, 0.6) is 5.75 Å². The summed E-state index contributed by atoms with van der Waals surface area (Å²) in [4.78, 5) is 4.75. The Hall–Kier alpha value is -2.61. The topological polar surface area (TPSA) is 33.1 Å². The zero-order chi connectivity index (χ0) is 14.8. The van der Waals surface area contributed by atoms with E-state index in [1.54, 1.807) is 6.07 Å². The third-order valence-corrected chi connectivity index (χ3v) is 3.71. The SMILES string of the molecule is Cc1cc(-c2ccccc2O)c(-c2ccccc2)nc1C. The van der Waals surface area contributed by atoms with Crippen molar-refractivity contribution >= 4 is 0 Å². The monoisotopic (exact) mass is 275 g/mol. The molecule has 0 fully saturated rings. The van der Waals surface area contributed by atoms with Gasteiger partial charge in [0.1, 0.15) is 5.75 Å². The van der Waals surface area contributed by atoms with E-state index in [-0.39, 0.29) is 5.75 Å². The average Bonchev–Trinajstić information content (AvgIpc) is 2.51. The Morgan fingerprint density at radius 1 is 0.810 bits per heavy atom. The molecule has 0 spiro atoms. The van der Waals surface area contributed by atoms with Crippen molar-refractivity contribution in [3.63, 3.8) is 0 Å². The molecular weight excluding hydrogens is 258 g/mol. The number of aromatic hydroxyl groups is 1. The molecule has 0 bridgehead atoms. The van der Waals surface area contributed by atoms with Crippen molar-refractivity contribution in [1.29, 1.82) is 0 Å². The largest absolute Gasteiger partial charge is 0.507 e. The van der Waals surface area contributed by atoms with Crippen LogP contribution in [0.1, 0.15) is 11.3 Å². The van der Waals surface area contributed by atoms with E-state index < -0.39 is 0 Å². The van der Waals surface area contributed by atoms with Crippen molar-refractivity contribution < 1.29 is 5.11 Å². The molecule has 1 aromatic heterocycles. The van der Waals surface area contributed by atoms with Crippen LogP contribution in [0.25, 0.3) is 22.4 Å². The Bertz CT molecular complexity index is 779. The number of nitrogens with zero attached hydrogens (tertiary/aromatic N) is 1. The second-order valence-electron chi connectivity index (χ2n) is 5.17. The smallest absolute Gasteiger partial charge is 0.123 e. The van der Waals surface area contributed by atoms with Gasteiger partial charge in [0, 0.05) is 22.4 Å². The number of aryl methyl sites for hydroxylation is 2. The molecule has 0 saturated heterocycles. The van der Waals surface area contributed by atoms with Gasteiger partial charge in [0.25, 0.3) is 0 Å². The minimum Gasteiger partial charge on any atom is -0.507 e. The third-order valence-electron chi connectivity index (χ3n) is 3.71. The molecule has 3 aromatic rings. The molecule has 1 N–H and O–H groups in total. The molecule has 2 heteroatoms. The van der Waals surface area contributed by atoms with Gasteiger partial charge in [-0.2, -0.15) is 0 Å². The quantitative estimate of drug-likeness (QED) is 0.733. The highest BCUT2D eigenvalue weighted by Crippen LogP contribution is 2.36. The molecule has 0 radical (unpaired) electrons. The van der Waals surface area contributed by atoms with Crippen LogP contribution in [-0.2, 0) is 0 Å². The van der Waals surface area contributed by atoms with Crippen LogP contribution in [0.2, 0.25) is 0 Å². The van der Waals surface area contributed by atoms with Crippen LogP contribution in [0.4, 0.5) is 0 Å². The molecule has 3 rings (SSSR count). The second kappa shape index (κ2) is 5.41. The van der Waals surface area contributed by atoms with Crippen LogP contribution in [0, 0.1) is 13.8 Å². The maximum atomic E-state index is 10.2. The molecular formula is C19H17NO. The maximum absolute atomic E-state index is 10.2. The number of aromatic nitrogens is 1. The molecule has 2 nitrogen and oxygen atoms in total. The van der Waals surface area contributed by atoms with Gasteiger partial charge in [-0.15, -0.1) is 0 Å². The summed E-state index contributed by atoms with van der Waals surface area (Å²) in [7, 11) is 0. The first-order chi connectivity index (χ1) is 10.2. The molecule has 0 aliphatic carbocycles. The Kier molecular flexibility index (Phi) is 3.44. The lowest BCUT2D eigenvalue weighted by Gasteiger charge is -2.13. The molecule has 0 saturated carbocycles. The predicted molar refractivity (Wildman–Crippen MR) is 86.2 cm³/mol. The van der Waals surface area contributed by atoms with E-state index in [9.17, 15) is 5.11 Å². The summed E-state index contributed by atoms with van der Waals surface area (Å²) in [6.45, 7) is 4.05. The summed E-state index contributed by atoms with van der Waals surface area (Å²) in [6.07, 6.45) is 0. The van der Waals surface area contributed by atoms with Gasteiger partial charge in [0.05, 0.1) is 5.69 Å². The zero-order valence-electron chi connectivity index (χ0n) is 12.2. The first-order valence-corrected chi connectivity index (χ1v) is 6.99. The number of pyridine rings is 1. The summed E-state index contributed by atoms with van der Waals surface area (Å²) in [5.74, 6) is 0.278. The van der Waals surface area contributed by atoms with Gasteiger partial charge in [-0.1, -0.05) is 48.5 Å². The first kappa shape index (κ1) is 13.4. The van der Waals surface area contributed by atoms with Crippen molar-refractivity contribution in [1.82, 2.24) is 4.98 Å². The number of benzene rings is 2. The molecule has 104 valence electrons. The van der Waals surface area contributed by atoms with Gasteiger partial charge in [-0.3, -0.25) is 4.98 Å². The minimum atomic E-state index is 0.278. The Balaban J connectivity index is 2.30. The summed E-state index contributed by atoms with van der Waals surface area (Å²) >= 11 is 0. The third kappa shape index (κ3) is 2.52. The summed E-state index contributed by atoms with van der Waals surface area (Å²) < 4.78 is 0. The van der Waals surface area contributed by atoms with Crippen molar-refractivity contribution in [3.8, 4) is 28.1 Å². The molecule has 0 aliphatic rings. The number of para-hydroxylation sites is 1. The van der Waals surface area contributed by atoms with E-state index in [4.69, 9.17) is 4.98 Å². The van der Waals surface area contributed by atoms with Crippen molar-refractivity contribution in [2.45, 2.75) is 13.8 Å². The van der Waals surface area contributed by atoms with E-state index in [2.05, 4.69) is 6.07 Å². The predicted octanol–water partition coefficient (Wildman–Crippen LogP) is 4.74. The van der Waals surface area contributed by atoms with Gasteiger partial charge in [0.2, 0.25) is 0 Å². The minimum absolute atomic E-state index is 0.278. The van der Waals surface area contributed by atoms with Gasteiger partial charge in [-0.25, -0.2) is 0 Å². The highest BCUT2D eigenvalue weighted by molar-refractivity contribution is 5.84. The molecule has 0 unspecified atom stereocenters. The fraction of sp³-hybridized carbons (Fsp3) is 0.105. The molecule has 1 heterocycles. The number of hydrogen-bond acceptors (Lipinski definition) is 2. The summed E-state index contributed by atoms with van der Waals surface area (Å²) in [6, 6.07) is 19.6.